The van der Waals surface area contributed by atoms with Gasteiger partial charge in [-0.2, -0.15) is 0 Å². The van der Waals surface area contributed by atoms with Crippen LogP contribution in [0, 0.1) is 5.41 Å². The maximum atomic E-state index is 11.1. The zero-order valence-corrected chi connectivity index (χ0v) is 12.5. The molecule has 0 saturated heterocycles. The van der Waals surface area contributed by atoms with E-state index in [1.54, 1.807) is 21.0 Å². The van der Waals surface area contributed by atoms with E-state index in [0.29, 0.717) is 0 Å². The van der Waals surface area contributed by atoms with E-state index in [-0.39, 0.29) is 6.42 Å². The standard InChI is InChI=1S/C17H20O4/c1-17(2,16(19)20)10-15(18)13-5-4-12-9-14(21-3)7-6-11(12)8-13/h4-9,15,18H,10H2,1-3H3,(H,19,20). The Morgan fingerprint density at radius 3 is 2.43 bits per heavy atom. The van der Waals surface area contributed by atoms with Crippen LogP contribution in [0.5, 0.6) is 5.75 Å². The van der Waals surface area contributed by atoms with Gasteiger partial charge < -0.3 is 14.9 Å². The third-order valence-electron chi connectivity index (χ3n) is 3.74. The third-order valence-corrected chi connectivity index (χ3v) is 3.74. The van der Waals surface area contributed by atoms with E-state index >= 15 is 0 Å². The van der Waals surface area contributed by atoms with Gasteiger partial charge in [0, 0.05) is 0 Å². The number of rotatable bonds is 5. The first kappa shape index (κ1) is 15.3. The number of aliphatic hydroxyl groups is 1. The normalized spacial score (nSPS) is 13.1. The van der Waals surface area contributed by atoms with Gasteiger partial charge in [0.15, 0.2) is 0 Å². The minimum atomic E-state index is -0.964. The Balaban J connectivity index is 2.28. The highest BCUT2D eigenvalue weighted by atomic mass is 16.5. The van der Waals surface area contributed by atoms with Crippen LogP contribution < -0.4 is 4.74 Å². The first-order valence-electron chi connectivity index (χ1n) is 6.82. The van der Waals surface area contributed by atoms with Crippen molar-refractivity contribution in [2.24, 2.45) is 5.41 Å². The number of carboxylic acid groups (broad SMARTS) is 1. The predicted molar refractivity (Wildman–Crippen MR) is 81.5 cm³/mol. The van der Waals surface area contributed by atoms with Gasteiger partial charge in [-0.3, -0.25) is 4.79 Å². The maximum Gasteiger partial charge on any atom is 0.309 e. The lowest BCUT2D eigenvalue weighted by Gasteiger charge is -2.23. The van der Waals surface area contributed by atoms with Gasteiger partial charge in [-0.25, -0.2) is 0 Å². The van der Waals surface area contributed by atoms with Crippen LogP contribution in [0.3, 0.4) is 0 Å². The number of carboxylic acids is 1. The summed E-state index contributed by atoms with van der Waals surface area (Å²) in [5.41, 5.74) is -0.240. The molecule has 0 aliphatic rings. The van der Waals surface area contributed by atoms with E-state index in [1.165, 1.54) is 0 Å². The highest BCUT2D eigenvalue weighted by Gasteiger charge is 2.30. The molecule has 1 atom stereocenters. The number of ether oxygens (including phenoxy) is 1. The number of aliphatic carboxylic acids is 1. The van der Waals surface area contributed by atoms with Crippen molar-refractivity contribution in [1.29, 1.82) is 0 Å². The van der Waals surface area contributed by atoms with Gasteiger partial charge >= 0.3 is 5.97 Å². The molecule has 4 heteroatoms. The monoisotopic (exact) mass is 288 g/mol. The summed E-state index contributed by atoms with van der Waals surface area (Å²) in [6, 6.07) is 11.3. The van der Waals surface area contributed by atoms with Crippen molar-refractivity contribution in [3.05, 3.63) is 42.0 Å². The molecule has 0 aromatic heterocycles. The number of fused-ring (bicyclic) bond motifs is 1. The molecule has 0 bridgehead atoms. The van der Waals surface area contributed by atoms with Gasteiger partial charge in [0.25, 0.3) is 0 Å². The van der Waals surface area contributed by atoms with Crippen LogP contribution in [0.15, 0.2) is 36.4 Å². The molecule has 0 amide bonds. The number of hydrogen-bond acceptors (Lipinski definition) is 3. The molecule has 0 heterocycles. The Bertz CT molecular complexity index is 661. The lowest BCUT2D eigenvalue weighted by atomic mass is 9.84. The van der Waals surface area contributed by atoms with Gasteiger partial charge in [0.05, 0.1) is 18.6 Å². The Kier molecular flexibility index (Phi) is 4.19. The molecule has 0 spiro atoms. The zero-order valence-electron chi connectivity index (χ0n) is 12.5. The molecule has 0 saturated carbocycles. The highest BCUT2D eigenvalue weighted by Crippen LogP contribution is 2.32. The number of methoxy groups -OCH3 is 1. The fourth-order valence-electron chi connectivity index (χ4n) is 2.27. The fourth-order valence-corrected chi connectivity index (χ4v) is 2.27. The summed E-state index contributed by atoms with van der Waals surface area (Å²) >= 11 is 0. The van der Waals surface area contributed by atoms with Crippen LogP contribution in [-0.2, 0) is 4.79 Å². The SMILES string of the molecule is COc1ccc2cc(C(O)CC(C)(C)C(=O)O)ccc2c1. The topological polar surface area (TPSA) is 66.8 Å². The predicted octanol–water partition coefficient (Wildman–Crippen LogP) is 3.38. The van der Waals surface area contributed by atoms with Crippen LogP contribution in [-0.4, -0.2) is 23.3 Å². The first-order chi connectivity index (χ1) is 9.83. The van der Waals surface area contributed by atoms with E-state index in [9.17, 15) is 9.90 Å². The fraction of sp³-hybridized carbons (Fsp3) is 0.353. The molecule has 0 aliphatic carbocycles. The lowest BCUT2D eigenvalue weighted by molar-refractivity contribution is -0.148. The Hall–Kier alpha value is -2.07. The second-order valence-corrected chi connectivity index (χ2v) is 5.88. The highest BCUT2D eigenvalue weighted by molar-refractivity contribution is 5.84. The number of aliphatic hydroxyl groups excluding tert-OH is 1. The van der Waals surface area contributed by atoms with Crippen molar-refractivity contribution in [3.8, 4) is 5.75 Å². The van der Waals surface area contributed by atoms with E-state index < -0.39 is 17.5 Å². The molecule has 0 radical (unpaired) electrons. The van der Waals surface area contributed by atoms with Crippen LogP contribution >= 0.6 is 0 Å². The van der Waals surface area contributed by atoms with Crippen LogP contribution in [0.1, 0.15) is 31.9 Å². The second-order valence-electron chi connectivity index (χ2n) is 5.88. The molecule has 0 fully saturated rings. The van der Waals surface area contributed by atoms with Crippen LogP contribution in [0.4, 0.5) is 0 Å². The zero-order chi connectivity index (χ0) is 15.6. The largest absolute Gasteiger partial charge is 0.497 e. The molecule has 21 heavy (non-hydrogen) atoms. The second kappa shape index (κ2) is 5.74. The quantitative estimate of drug-likeness (QED) is 0.885. The summed E-state index contributed by atoms with van der Waals surface area (Å²) in [5.74, 6) is -0.130. The van der Waals surface area contributed by atoms with Gasteiger partial charge in [0.2, 0.25) is 0 Å². The summed E-state index contributed by atoms with van der Waals surface area (Å²) in [6.07, 6.45) is -0.633. The Labute approximate surface area is 124 Å². The summed E-state index contributed by atoms with van der Waals surface area (Å²) in [5, 5.41) is 21.4. The number of carbonyl (C=O) groups is 1. The van der Waals surface area contributed by atoms with E-state index in [4.69, 9.17) is 9.84 Å². The van der Waals surface area contributed by atoms with Crippen molar-refractivity contribution < 1.29 is 19.7 Å². The smallest absolute Gasteiger partial charge is 0.309 e. The Morgan fingerprint density at radius 2 is 1.81 bits per heavy atom. The number of benzene rings is 2. The molecular weight excluding hydrogens is 268 g/mol. The third kappa shape index (κ3) is 3.34. The van der Waals surface area contributed by atoms with E-state index in [2.05, 4.69) is 0 Å². The van der Waals surface area contributed by atoms with E-state index in [1.807, 2.05) is 36.4 Å². The minimum Gasteiger partial charge on any atom is -0.497 e. The van der Waals surface area contributed by atoms with Crippen LogP contribution in [0.2, 0.25) is 0 Å². The van der Waals surface area contributed by atoms with Crippen LogP contribution in [0.25, 0.3) is 10.8 Å². The molecule has 0 aliphatic heterocycles. The summed E-state index contributed by atoms with van der Waals surface area (Å²) < 4.78 is 5.18. The average molecular weight is 288 g/mol. The van der Waals surface area contributed by atoms with Crippen molar-refractivity contribution in [2.45, 2.75) is 26.4 Å². The van der Waals surface area contributed by atoms with Crippen molar-refractivity contribution in [2.75, 3.05) is 7.11 Å². The molecular formula is C17H20O4. The van der Waals surface area contributed by atoms with Gasteiger partial charge in [-0.1, -0.05) is 18.2 Å². The molecule has 2 N–H and O–H groups in total. The molecule has 2 aromatic rings. The molecule has 1 unspecified atom stereocenters. The van der Waals surface area contributed by atoms with E-state index in [0.717, 1.165) is 22.1 Å². The summed E-state index contributed by atoms with van der Waals surface area (Å²) in [4.78, 5) is 11.1. The Morgan fingerprint density at radius 1 is 1.19 bits per heavy atom. The van der Waals surface area contributed by atoms with Crippen molar-refractivity contribution in [1.82, 2.24) is 0 Å². The molecule has 2 aromatic carbocycles. The number of hydrogen-bond donors (Lipinski definition) is 2. The maximum absolute atomic E-state index is 11.1. The van der Waals surface area contributed by atoms with Gasteiger partial charge in [-0.05, 0) is 54.8 Å². The molecule has 4 nitrogen and oxygen atoms in total. The van der Waals surface area contributed by atoms with Gasteiger partial charge in [0.1, 0.15) is 5.75 Å². The molecule has 112 valence electrons. The van der Waals surface area contributed by atoms with Crippen molar-refractivity contribution in [3.63, 3.8) is 0 Å². The minimum absolute atomic E-state index is 0.171. The lowest BCUT2D eigenvalue weighted by Crippen LogP contribution is -2.26. The van der Waals surface area contributed by atoms with Crippen molar-refractivity contribution >= 4 is 16.7 Å². The van der Waals surface area contributed by atoms with Gasteiger partial charge in [-0.15, -0.1) is 0 Å². The summed E-state index contributed by atoms with van der Waals surface area (Å²) in [6.45, 7) is 3.23. The first-order valence-corrected chi connectivity index (χ1v) is 6.82. The summed E-state index contributed by atoms with van der Waals surface area (Å²) in [7, 11) is 1.62. The average Bonchev–Trinajstić information content (AvgIpc) is 2.45. The molecule has 2 rings (SSSR count).